The third kappa shape index (κ3) is 2.91. The Morgan fingerprint density at radius 3 is 3.00 bits per heavy atom. The van der Waals surface area contributed by atoms with E-state index in [0.717, 1.165) is 25.0 Å². The normalized spacial score (nSPS) is 17.9. The largest absolute Gasteiger partial charge is 0.300 e. The van der Waals surface area contributed by atoms with Gasteiger partial charge in [0.1, 0.15) is 5.69 Å². The van der Waals surface area contributed by atoms with Crippen molar-refractivity contribution in [2.24, 2.45) is 5.92 Å². The molecule has 0 spiro atoms. The minimum atomic E-state index is 0.0260. The fourth-order valence-corrected chi connectivity index (χ4v) is 2.83. The van der Waals surface area contributed by atoms with Gasteiger partial charge in [0.05, 0.1) is 0 Å². The van der Waals surface area contributed by atoms with Gasteiger partial charge in [-0.3, -0.25) is 9.78 Å². The fourth-order valence-electron chi connectivity index (χ4n) is 2.11. The zero-order valence-electron chi connectivity index (χ0n) is 10.8. The second-order valence-corrected chi connectivity index (χ2v) is 5.58. The maximum atomic E-state index is 12.1. The van der Waals surface area contributed by atoms with E-state index in [1.54, 1.807) is 6.20 Å². The Balaban J connectivity index is 1.68. The van der Waals surface area contributed by atoms with Crippen LogP contribution in [0.15, 0.2) is 36.5 Å². The summed E-state index contributed by atoms with van der Waals surface area (Å²) in [7, 11) is 0. The summed E-state index contributed by atoms with van der Waals surface area (Å²) in [6.07, 6.45) is 8.56. The van der Waals surface area contributed by atoms with Crippen LogP contribution >= 0.6 is 11.3 Å². The van der Waals surface area contributed by atoms with Gasteiger partial charge in [0.15, 0.2) is 5.01 Å². The summed E-state index contributed by atoms with van der Waals surface area (Å²) in [5.74, 6) is 0.0697. The van der Waals surface area contributed by atoms with Crippen molar-refractivity contribution in [2.75, 3.05) is 5.32 Å². The second kappa shape index (κ2) is 5.92. The van der Waals surface area contributed by atoms with E-state index in [1.165, 1.54) is 11.3 Å². The Kier molecular flexibility index (Phi) is 3.83. The molecular formula is C14H14N4OS. The average Bonchev–Trinajstić information content (AvgIpc) is 2.97. The van der Waals surface area contributed by atoms with Crippen LogP contribution < -0.4 is 5.32 Å². The predicted molar refractivity (Wildman–Crippen MR) is 78.3 cm³/mol. The highest BCUT2D eigenvalue weighted by Gasteiger charge is 2.20. The number of amides is 1. The zero-order valence-corrected chi connectivity index (χ0v) is 11.6. The predicted octanol–water partition coefficient (Wildman–Crippen LogP) is 2.89. The summed E-state index contributed by atoms with van der Waals surface area (Å²) in [5, 5.41) is 12.2. The minimum absolute atomic E-state index is 0.0260. The summed E-state index contributed by atoms with van der Waals surface area (Å²) in [5.41, 5.74) is 0.770. The molecular weight excluding hydrogens is 272 g/mol. The van der Waals surface area contributed by atoms with Gasteiger partial charge >= 0.3 is 0 Å². The topological polar surface area (TPSA) is 67.8 Å². The van der Waals surface area contributed by atoms with Crippen molar-refractivity contribution in [3.8, 4) is 10.7 Å². The Morgan fingerprint density at radius 1 is 1.30 bits per heavy atom. The molecule has 2 aromatic heterocycles. The number of nitrogens with zero attached hydrogens (tertiary/aromatic N) is 3. The molecule has 0 fully saturated rings. The Morgan fingerprint density at radius 2 is 2.25 bits per heavy atom. The first-order valence-corrected chi connectivity index (χ1v) is 7.35. The van der Waals surface area contributed by atoms with E-state index >= 15 is 0 Å². The molecule has 2 aromatic rings. The van der Waals surface area contributed by atoms with Gasteiger partial charge in [-0.25, -0.2) is 0 Å². The molecule has 0 unspecified atom stereocenters. The number of hydrogen-bond acceptors (Lipinski definition) is 5. The molecule has 1 amide bonds. The summed E-state index contributed by atoms with van der Waals surface area (Å²) in [4.78, 5) is 16.3. The quantitative estimate of drug-likeness (QED) is 0.881. The van der Waals surface area contributed by atoms with Crippen LogP contribution in [0.25, 0.3) is 10.7 Å². The van der Waals surface area contributed by atoms with Crippen molar-refractivity contribution in [3.63, 3.8) is 0 Å². The number of anilines is 1. The van der Waals surface area contributed by atoms with E-state index in [4.69, 9.17) is 0 Å². The molecule has 102 valence electrons. The van der Waals surface area contributed by atoms with Gasteiger partial charge in [0.25, 0.3) is 0 Å². The van der Waals surface area contributed by atoms with E-state index in [9.17, 15) is 4.79 Å². The minimum Gasteiger partial charge on any atom is -0.300 e. The van der Waals surface area contributed by atoms with Gasteiger partial charge < -0.3 is 5.32 Å². The third-order valence-corrected chi connectivity index (χ3v) is 4.04. The first kappa shape index (κ1) is 12.9. The van der Waals surface area contributed by atoms with Crippen LogP contribution in [0, 0.1) is 5.92 Å². The lowest BCUT2D eigenvalue weighted by Crippen LogP contribution is -2.23. The highest BCUT2D eigenvalue weighted by atomic mass is 32.1. The lowest BCUT2D eigenvalue weighted by atomic mass is 9.94. The molecule has 1 aliphatic rings. The molecule has 2 heterocycles. The Bertz CT molecular complexity index is 623. The van der Waals surface area contributed by atoms with Gasteiger partial charge in [0.2, 0.25) is 11.0 Å². The Labute approximate surface area is 120 Å². The summed E-state index contributed by atoms with van der Waals surface area (Å²) >= 11 is 1.34. The van der Waals surface area contributed by atoms with Gasteiger partial charge in [-0.1, -0.05) is 29.6 Å². The molecule has 0 saturated carbocycles. The van der Waals surface area contributed by atoms with Gasteiger partial charge in [-0.05, 0) is 31.4 Å². The van der Waals surface area contributed by atoms with Crippen LogP contribution in [0.1, 0.15) is 19.3 Å². The van der Waals surface area contributed by atoms with Crippen molar-refractivity contribution in [3.05, 3.63) is 36.5 Å². The van der Waals surface area contributed by atoms with Crippen LogP contribution in [0.2, 0.25) is 0 Å². The van der Waals surface area contributed by atoms with Crippen molar-refractivity contribution in [1.29, 1.82) is 0 Å². The van der Waals surface area contributed by atoms with Gasteiger partial charge in [-0.15, -0.1) is 10.2 Å². The number of hydrogen-bond donors (Lipinski definition) is 1. The van der Waals surface area contributed by atoms with Crippen LogP contribution in [0.5, 0.6) is 0 Å². The number of pyridine rings is 1. The number of nitrogens with one attached hydrogen (secondary N) is 1. The lowest BCUT2D eigenvalue weighted by Gasteiger charge is -2.15. The molecule has 1 N–H and O–H groups in total. The maximum Gasteiger partial charge on any atom is 0.229 e. The Hall–Kier alpha value is -2.08. The first-order valence-electron chi connectivity index (χ1n) is 6.54. The highest BCUT2D eigenvalue weighted by molar-refractivity contribution is 7.18. The molecule has 5 nitrogen and oxygen atoms in total. The number of carbonyl (C=O) groups excluding carboxylic acids is 1. The third-order valence-electron chi connectivity index (χ3n) is 3.18. The molecule has 20 heavy (non-hydrogen) atoms. The van der Waals surface area contributed by atoms with Crippen molar-refractivity contribution < 1.29 is 4.79 Å². The molecule has 0 aromatic carbocycles. The number of allylic oxidation sites excluding steroid dienone is 2. The van der Waals surface area contributed by atoms with Crippen LogP contribution in [0.4, 0.5) is 5.13 Å². The molecule has 6 heteroatoms. The summed E-state index contributed by atoms with van der Waals surface area (Å²) < 4.78 is 0. The fraction of sp³-hybridized carbons (Fsp3) is 0.286. The van der Waals surface area contributed by atoms with Crippen molar-refractivity contribution in [2.45, 2.75) is 19.3 Å². The summed E-state index contributed by atoms with van der Waals surface area (Å²) in [6, 6.07) is 5.62. The highest BCUT2D eigenvalue weighted by Crippen LogP contribution is 2.26. The first-order chi connectivity index (χ1) is 9.83. The maximum absolute atomic E-state index is 12.1. The van der Waals surface area contributed by atoms with Crippen molar-refractivity contribution >= 4 is 22.4 Å². The molecule has 1 aliphatic carbocycles. The smallest absolute Gasteiger partial charge is 0.229 e. The van der Waals surface area contributed by atoms with E-state index in [2.05, 4.69) is 32.7 Å². The van der Waals surface area contributed by atoms with Crippen LogP contribution in [-0.4, -0.2) is 21.1 Å². The molecule has 0 bridgehead atoms. The monoisotopic (exact) mass is 286 g/mol. The lowest BCUT2D eigenvalue weighted by molar-refractivity contribution is -0.120. The van der Waals surface area contributed by atoms with E-state index in [0.29, 0.717) is 10.1 Å². The molecule has 0 radical (unpaired) electrons. The molecule has 1 atom stereocenters. The van der Waals surface area contributed by atoms with E-state index < -0.39 is 0 Å². The van der Waals surface area contributed by atoms with Crippen LogP contribution in [-0.2, 0) is 4.79 Å². The van der Waals surface area contributed by atoms with E-state index in [-0.39, 0.29) is 11.8 Å². The number of aromatic nitrogens is 3. The zero-order chi connectivity index (χ0) is 13.8. The van der Waals surface area contributed by atoms with E-state index in [1.807, 2.05) is 18.2 Å². The number of rotatable bonds is 3. The van der Waals surface area contributed by atoms with Gasteiger partial charge in [0, 0.05) is 12.1 Å². The molecule has 3 rings (SSSR count). The summed E-state index contributed by atoms with van der Waals surface area (Å²) in [6.45, 7) is 0. The SMILES string of the molecule is O=C(Nc1nnc(-c2ccccn2)s1)[C@@H]1CC=CCC1. The molecule has 0 saturated heterocycles. The van der Waals surface area contributed by atoms with Crippen molar-refractivity contribution in [1.82, 2.24) is 15.2 Å². The standard InChI is InChI=1S/C14H14N4OS/c19-12(10-6-2-1-3-7-10)16-14-18-17-13(20-14)11-8-4-5-9-15-11/h1-2,4-5,8-10H,3,6-7H2,(H,16,18,19)/t10-/m1/s1. The van der Waals surface area contributed by atoms with Crippen LogP contribution in [0.3, 0.4) is 0 Å². The molecule has 0 aliphatic heterocycles. The average molecular weight is 286 g/mol. The van der Waals surface area contributed by atoms with Gasteiger partial charge in [-0.2, -0.15) is 0 Å². The number of carbonyl (C=O) groups is 1. The second-order valence-electron chi connectivity index (χ2n) is 4.60.